The molecule has 1 aliphatic heterocycles. The van der Waals surface area contributed by atoms with Crippen molar-refractivity contribution in [3.05, 3.63) is 11.6 Å². The summed E-state index contributed by atoms with van der Waals surface area (Å²) in [5.74, 6) is 0.0327. The second-order valence-electron chi connectivity index (χ2n) is 11.9. The van der Waals surface area contributed by atoms with Crippen LogP contribution in [-0.2, 0) is 9.59 Å². The van der Waals surface area contributed by atoms with Crippen molar-refractivity contribution in [2.45, 2.75) is 111 Å². The standard InChI is InChI=1S/C30H54N2O5S.2Na/c1-22(2)10-6-11-23(3)12-7-13-24(4)14-8-15-25(5)17-19-38-21-27(29(35)36)31-30(37)32-18-9-16-26(20-32)28(33)34;;/h17,22-24,26-27H,6-16,18-21H2,1-5H3,(H,31,37)(H,33,34)(H,35,36);;/q;2*+1/p-2/b25-17+;;. The Labute approximate surface area is 292 Å². The number of rotatable bonds is 19. The van der Waals surface area contributed by atoms with Crippen molar-refractivity contribution in [3.8, 4) is 0 Å². The molecule has 0 aromatic carbocycles. The minimum Gasteiger partial charge on any atom is -0.550 e. The van der Waals surface area contributed by atoms with E-state index >= 15 is 0 Å². The minimum atomic E-state index is -1.33. The number of nitrogens with zero attached hydrogens (tertiary/aromatic N) is 1. The number of nitrogens with one attached hydrogen (secondary N) is 1. The van der Waals surface area contributed by atoms with Gasteiger partial charge in [-0.1, -0.05) is 84.3 Å². The topological polar surface area (TPSA) is 113 Å². The first kappa shape index (κ1) is 42.4. The summed E-state index contributed by atoms with van der Waals surface area (Å²) in [5, 5.41) is 25.1. The van der Waals surface area contributed by atoms with Crippen molar-refractivity contribution < 1.29 is 83.7 Å². The van der Waals surface area contributed by atoms with Crippen LogP contribution in [0.1, 0.15) is 105 Å². The number of thioether (sulfide) groups is 1. The number of piperidine rings is 1. The second-order valence-corrected chi connectivity index (χ2v) is 12.9. The Morgan fingerprint density at radius 1 is 0.950 bits per heavy atom. The molecule has 7 nitrogen and oxygen atoms in total. The third-order valence-electron chi connectivity index (χ3n) is 7.60. The zero-order chi connectivity index (χ0) is 28.5. The van der Waals surface area contributed by atoms with E-state index in [2.05, 4.69) is 46.0 Å². The molecular weight excluding hydrogens is 546 g/mol. The number of carboxylic acids is 2. The molecule has 1 N–H and O–H groups in total. The molecule has 0 radical (unpaired) electrons. The summed E-state index contributed by atoms with van der Waals surface area (Å²) in [6.45, 7) is 11.9. The second kappa shape index (κ2) is 24.7. The van der Waals surface area contributed by atoms with Crippen LogP contribution in [0.25, 0.3) is 0 Å². The molecule has 0 aromatic rings. The molecule has 1 saturated heterocycles. The van der Waals surface area contributed by atoms with Crippen molar-refractivity contribution in [1.29, 1.82) is 0 Å². The largest absolute Gasteiger partial charge is 1.00 e. The molecule has 220 valence electrons. The van der Waals surface area contributed by atoms with Gasteiger partial charge >= 0.3 is 65.1 Å². The van der Waals surface area contributed by atoms with Crippen molar-refractivity contribution >= 4 is 29.7 Å². The molecule has 0 aromatic heterocycles. The number of hydrogen-bond acceptors (Lipinski definition) is 6. The number of amides is 2. The van der Waals surface area contributed by atoms with Gasteiger partial charge in [0.15, 0.2) is 0 Å². The van der Waals surface area contributed by atoms with Gasteiger partial charge < -0.3 is 30.0 Å². The number of carbonyl (C=O) groups is 3. The fraction of sp³-hybridized carbons (Fsp3) is 0.833. The number of allylic oxidation sites excluding steroid dienone is 1. The van der Waals surface area contributed by atoms with Gasteiger partial charge in [-0.3, -0.25) is 0 Å². The van der Waals surface area contributed by atoms with E-state index in [-0.39, 0.29) is 71.4 Å². The SMILES string of the molecule is C/C(=C\CSCC(NC(=O)N1CCCC(C(=O)[O-])C1)C(=O)[O-])CCCC(C)CCCC(C)CCCC(C)C.[Na+].[Na+]. The molecule has 1 rings (SSSR count). The van der Waals surface area contributed by atoms with E-state index in [1.807, 2.05) is 0 Å². The monoisotopic (exact) mass is 598 g/mol. The predicted molar refractivity (Wildman–Crippen MR) is 152 cm³/mol. The van der Waals surface area contributed by atoms with Crippen LogP contribution in [-0.4, -0.2) is 53.5 Å². The van der Waals surface area contributed by atoms with Crippen molar-refractivity contribution in [3.63, 3.8) is 0 Å². The minimum absolute atomic E-state index is 0. The summed E-state index contributed by atoms with van der Waals surface area (Å²) in [7, 11) is 0. The molecule has 2 amide bonds. The Morgan fingerprint density at radius 2 is 1.52 bits per heavy atom. The van der Waals surface area contributed by atoms with E-state index < -0.39 is 29.9 Å². The molecule has 1 aliphatic rings. The number of aliphatic carboxylic acids is 2. The van der Waals surface area contributed by atoms with E-state index in [1.165, 1.54) is 73.6 Å². The maximum Gasteiger partial charge on any atom is 1.00 e. The van der Waals surface area contributed by atoms with Gasteiger partial charge in [0.25, 0.3) is 0 Å². The van der Waals surface area contributed by atoms with Gasteiger partial charge in [0.05, 0.1) is 12.0 Å². The van der Waals surface area contributed by atoms with Gasteiger partial charge in [-0.25, -0.2) is 4.79 Å². The predicted octanol–water partition coefficient (Wildman–Crippen LogP) is -1.60. The maximum atomic E-state index is 12.4. The number of urea groups is 1. The molecule has 1 fully saturated rings. The number of carboxylic acid groups (broad SMARTS) is 2. The Morgan fingerprint density at radius 3 is 2.08 bits per heavy atom. The molecule has 1 heterocycles. The molecule has 4 atom stereocenters. The third kappa shape index (κ3) is 20.2. The van der Waals surface area contributed by atoms with Gasteiger partial charge in [-0.15, -0.1) is 0 Å². The number of hydrogen-bond donors (Lipinski definition) is 1. The first-order valence-corrected chi connectivity index (χ1v) is 15.9. The first-order chi connectivity index (χ1) is 18.0. The molecule has 0 aliphatic carbocycles. The summed E-state index contributed by atoms with van der Waals surface area (Å²) in [5.41, 5.74) is 1.30. The van der Waals surface area contributed by atoms with Crippen molar-refractivity contribution in [2.24, 2.45) is 23.7 Å². The smallest absolute Gasteiger partial charge is 0.550 e. The van der Waals surface area contributed by atoms with Crippen molar-refractivity contribution in [2.75, 3.05) is 24.6 Å². The zero-order valence-electron chi connectivity index (χ0n) is 26.5. The fourth-order valence-electron chi connectivity index (χ4n) is 4.96. The van der Waals surface area contributed by atoms with E-state index in [0.717, 1.165) is 24.2 Å². The molecular formula is C30H52N2Na2O5S. The van der Waals surface area contributed by atoms with Crippen LogP contribution in [0.15, 0.2) is 11.6 Å². The van der Waals surface area contributed by atoms with E-state index in [1.54, 1.807) is 0 Å². The average molecular weight is 599 g/mol. The van der Waals surface area contributed by atoms with Gasteiger partial charge in [0, 0.05) is 36.5 Å². The Kier molecular flexibility index (Phi) is 26.2. The fourth-order valence-corrected chi connectivity index (χ4v) is 5.95. The summed E-state index contributed by atoms with van der Waals surface area (Å²) in [6.07, 6.45) is 14.6. The van der Waals surface area contributed by atoms with E-state index in [9.17, 15) is 24.6 Å². The van der Waals surface area contributed by atoms with Crippen LogP contribution in [0, 0.1) is 23.7 Å². The van der Waals surface area contributed by atoms with Gasteiger partial charge in [0.1, 0.15) is 0 Å². The van der Waals surface area contributed by atoms with E-state index in [0.29, 0.717) is 25.1 Å². The van der Waals surface area contributed by atoms with Gasteiger partial charge in [-0.2, -0.15) is 11.8 Å². The summed E-state index contributed by atoms with van der Waals surface area (Å²) in [4.78, 5) is 36.4. The first-order valence-electron chi connectivity index (χ1n) is 14.7. The third-order valence-corrected chi connectivity index (χ3v) is 8.57. The quantitative estimate of drug-likeness (QED) is 0.109. The van der Waals surface area contributed by atoms with Crippen LogP contribution < -0.4 is 74.6 Å². The summed E-state index contributed by atoms with van der Waals surface area (Å²) >= 11 is 1.44. The van der Waals surface area contributed by atoms with Gasteiger partial charge in [0.2, 0.25) is 0 Å². The number of carbonyl (C=O) groups excluding carboxylic acids is 3. The summed E-state index contributed by atoms with van der Waals surface area (Å²) in [6, 6.07) is -1.68. The maximum absolute atomic E-state index is 12.4. The zero-order valence-corrected chi connectivity index (χ0v) is 31.3. The van der Waals surface area contributed by atoms with Crippen LogP contribution in [0.5, 0.6) is 0 Å². The Balaban J connectivity index is 0. The molecule has 0 saturated carbocycles. The Bertz CT molecular complexity index is 754. The van der Waals surface area contributed by atoms with Crippen LogP contribution in [0.3, 0.4) is 0 Å². The van der Waals surface area contributed by atoms with Crippen LogP contribution in [0.4, 0.5) is 4.79 Å². The average Bonchev–Trinajstić information content (AvgIpc) is 2.85. The molecule has 40 heavy (non-hydrogen) atoms. The molecule has 0 spiro atoms. The number of likely N-dealkylation sites (tertiary alicyclic amines) is 1. The molecule has 10 heteroatoms. The molecule has 0 bridgehead atoms. The molecule has 4 unspecified atom stereocenters. The van der Waals surface area contributed by atoms with Crippen LogP contribution in [0.2, 0.25) is 0 Å². The van der Waals surface area contributed by atoms with Crippen molar-refractivity contribution in [1.82, 2.24) is 10.2 Å². The van der Waals surface area contributed by atoms with E-state index in [4.69, 9.17) is 0 Å². The van der Waals surface area contributed by atoms with Crippen LogP contribution >= 0.6 is 11.8 Å². The Hall–Kier alpha value is 0.300. The summed E-state index contributed by atoms with van der Waals surface area (Å²) < 4.78 is 0. The normalized spacial score (nSPS) is 17.8. The van der Waals surface area contributed by atoms with Gasteiger partial charge in [-0.05, 0) is 50.4 Å².